The number of carbonyl (C=O) groups excluding carboxylic acids is 3. The highest BCUT2D eigenvalue weighted by molar-refractivity contribution is 5.95. The predicted molar refractivity (Wildman–Crippen MR) is 125 cm³/mol. The Bertz CT molecular complexity index is 917. The van der Waals surface area contributed by atoms with E-state index in [-0.39, 0.29) is 12.2 Å². The van der Waals surface area contributed by atoms with Gasteiger partial charge in [0.15, 0.2) is 0 Å². The highest BCUT2D eigenvalue weighted by Crippen LogP contribution is 2.13. The van der Waals surface area contributed by atoms with Crippen LogP contribution in [0.4, 0.5) is 0 Å². The van der Waals surface area contributed by atoms with E-state index in [9.17, 15) is 34.2 Å². The second-order valence-corrected chi connectivity index (χ2v) is 8.93. The first-order valence-corrected chi connectivity index (χ1v) is 11.1. The van der Waals surface area contributed by atoms with E-state index in [2.05, 4.69) is 16.0 Å². The molecule has 0 saturated heterocycles. The lowest BCUT2D eigenvalue weighted by molar-refractivity contribution is -0.143. The van der Waals surface area contributed by atoms with Crippen molar-refractivity contribution < 1.29 is 39.3 Å². The van der Waals surface area contributed by atoms with Crippen molar-refractivity contribution in [1.82, 2.24) is 16.0 Å². The molecule has 12 heteroatoms. The average molecular weight is 495 g/mol. The molecule has 0 saturated carbocycles. The van der Waals surface area contributed by atoms with Gasteiger partial charge in [-0.1, -0.05) is 39.8 Å². The summed E-state index contributed by atoms with van der Waals surface area (Å²) in [4.78, 5) is 60.7. The number of amides is 3. The van der Waals surface area contributed by atoms with Crippen LogP contribution in [0.3, 0.4) is 0 Å². The lowest BCUT2D eigenvalue weighted by Gasteiger charge is -2.27. The molecule has 194 valence electrons. The maximum atomic E-state index is 13.1. The van der Waals surface area contributed by atoms with Crippen molar-refractivity contribution in [1.29, 1.82) is 0 Å². The number of aromatic hydroxyl groups is 1. The largest absolute Gasteiger partial charge is 0.508 e. The van der Waals surface area contributed by atoms with Gasteiger partial charge in [0.25, 0.3) is 0 Å². The second kappa shape index (κ2) is 13.3. The smallest absolute Gasteiger partial charge is 0.326 e. The molecule has 1 aromatic carbocycles. The van der Waals surface area contributed by atoms with Crippen molar-refractivity contribution in [2.75, 3.05) is 0 Å². The zero-order chi connectivity index (χ0) is 26.9. The fourth-order valence-corrected chi connectivity index (χ4v) is 3.18. The minimum atomic E-state index is -1.37. The maximum Gasteiger partial charge on any atom is 0.326 e. The van der Waals surface area contributed by atoms with Crippen molar-refractivity contribution in [2.24, 2.45) is 17.6 Å². The Labute approximate surface area is 203 Å². The first kappa shape index (κ1) is 29.4. The van der Waals surface area contributed by atoms with Gasteiger partial charge in [0, 0.05) is 6.42 Å². The molecule has 0 bridgehead atoms. The Balaban J connectivity index is 3.13. The van der Waals surface area contributed by atoms with E-state index < -0.39 is 72.1 Å². The molecule has 12 nitrogen and oxygen atoms in total. The summed E-state index contributed by atoms with van der Waals surface area (Å²) in [5.41, 5.74) is 6.15. The summed E-state index contributed by atoms with van der Waals surface area (Å²) in [6.07, 6.45) is -0.657. The Morgan fingerprint density at radius 2 is 1.31 bits per heavy atom. The van der Waals surface area contributed by atoms with E-state index >= 15 is 0 Å². The second-order valence-electron chi connectivity index (χ2n) is 8.93. The van der Waals surface area contributed by atoms with Gasteiger partial charge in [0.2, 0.25) is 17.7 Å². The molecule has 0 radical (unpaired) electrons. The number of phenolic OH excluding ortho intramolecular Hbond substituents is 1. The molecule has 0 aliphatic carbocycles. The fraction of sp³-hybridized carbons (Fsp3) is 0.522. The highest BCUT2D eigenvalue weighted by atomic mass is 16.4. The highest BCUT2D eigenvalue weighted by Gasteiger charge is 2.32. The number of benzene rings is 1. The first-order valence-electron chi connectivity index (χ1n) is 11.1. The summed E-state index contributed by atoms with van der Waals surface area (Å²) in [5, 5.41) is 35.1. The molecular formula is C23H34N4O8. The quantitative estimate of drug-likeness (QED) is 0.190. The van der Waals surface area contributed by atoms with Gasteiger partial charge < -0.3 is 37.0 Å². The van der Waals surface area contributed by atoms with Gasteiger partial charge in [-0.05, 0) is 29.5 Å². The number of nitrogens with one attached hydrogen (secondary N) is 3. The number of phenols is 1. The maximum absolute atomic E-state index is 13.1. The van der Waals surface area contributed by atoms with Crippen LogP contribution in [0, 0.1) is 11.8 Å². The third kappa shape index (κ3) is 9.61. The SMILES string of the molecule is CC(C)C(NC(=O)C(Cc1ccc(O)cc1)NC(=O)C(NC(=O)C(N)CC(=O)O)C(C)C)C(=O)O. The summed E-state index contributed by atoms with van der Waals surface area (Å²) >= 11 is 0. The van der Waals surface area contributed by atoms with Gasteiger partial charge in [-0.25, -0.2) is 4.79 Å². The molecule has 0 aliphatic rings. The van der Waals surface area contributed by atoms with Gasteiger partial charge in [0.1, 0.15) is 23.9 Å². The molecule has 0 aliphatic heterocycles. The van der Waals surface area contributed by atoms with Gasteiger partial charge in [-0.15, -0.1) is 0 Å². The monoisotopic (exact) mass is 494 g/mol. The number of hydrogen-bond donors (Lipinski definition) is 7. The van der Waals surface area contributed by atoms with E-state index in [0.717, 1.165) is 0 Å². The summed E-state index contributed by atoms with van der Waals surface area (Å²) in [5.74, 6) is -5.70. The van der Waals surface area contributed by atoms with Crippen LogP contribution in [-0.4, -0.2) is 69.1 Å². The molecule has 0 fully saturated rings. The lowest BCUT2D eigenvalue weighted by Crippen LogP contribution is -2.59. The van der Waals surface area contributed by atoms with Crippen LogP contribution >= 0.6 is 0 Å². The van der Waals surface area contributed by atoms with Crippen molar-refractivity contribution in [3.63, 3.8) is 0 Å². The zero-order valence-corrected chi connectivity index (χ0v) is 20.1. The van der Waals surface area contributed by atoms with E-state index in [1.807, 2.05) is 0 Å². The molecular weight excluding hydrogens is 460 g/mol. The van der Waals surface area contributed by atoms with Gasteiger partial charge in [-0.3, -0.25) is 19.2 Å². The number of rotatable bonds is 13. The Hall–Kier alpha value is -3.67. The Morgan fingerprint density at radius 1 is 0.800 bits per heavy atom. The molecule has 1 rings (SSSR count). The third-order valence-electron chi connectivity index (χ3n) is 5.22. The number of carbonyl (C=O) groups is 5. The fourth-order valence-electron chi connectivity index (χ4n) is 3.18. The number of nitrogens with two attached hydrogens (primary N) is 1. The minimum Gasteiger partial charge on any atom is -0.508 e. The van der Waals surface area contributed by atoms with E-state index in [4.69, 9.17) is 10.8 Å². The predicted octanol–water partition coefficient (Wildman–Crippen LogP) is -0.412. The van der Waals surface area contributed by atoms with Crippen LogP contribution in [0.25, 0.3) is 0 Å². The van der Waals surface area contributed by atoms with Gasteiger partial charge in [-0.2, -0.15) is 0 Å². The topological polar surface area (TPSA) is 208 Å². The number of hydrogen-bond acceptors (Lipinski definition) is 7. The summed E-state index contributed by atoms with van der Waals surface area (Å²) < 4.78 is 0. The Morgan fingerprint density at radius 3 is 1.77 bits per heavy atom. The van der Waals surface area contributed by atoms with E-state index in [1.54, 1.807) is 39.8 Å². The molecule has 1 aromatic rings. The number of carboxylic acid groups (broad SMARTS) is 2. The molecule has 0 heterocycles. The van der Waals surface area contributed by atoms with Crippen LogP contribution in [0.1, 0.15) is 39.7 Å². The van der Waals surface area contributed by atoms with Crippen LogP contribution in [-0.2, 0) is 30.4 Å². The van der Waals surface area contributed by atoms with Crippen LogP contribution in [0.5, 0.6) is 5.75 Å². The molecule has 35 heavy (non-hydrogen) atoms. The van der Waals surface area contributed by atoms with Gasteiger partial charge in [0.05, 0.1) is 12.5 Å². The normalized spacial score (nSPS) is 14.5. The first-order chi connectivity index (χ1) is 16.2. The van der Waals surface area contributed by atoms with Crippen molar-refractivity contribution >= 4 is 29.7 Å². The summed E-state index contributed by atoms with van der Waals surface area (Å²) in [7, 11) is 0. The van der Waals surface area contributed by atoms with Crippen LogP contribution in [0.2, 0.25) is 0 Å². The molecule has 0 spiro atoms. The molecule has 0 aromatic heterocycles. The Kier molecular flexibility index (Phi) is 11.1. The standard InChI is InChI=1S/C23H34N4O8/c1-11(2)18(26-20(31)15(24)10-17(29)30)22(33)25-16(9-13-5-7-14(28)8-6-13)21(32)27-19(12(3)4)23(34)35/h5-8,11-12,15-16,18-19,28H,9-10,24H2,1-4H3,(H,25,33)(H,26,31)(H,27,32)(H,29,30)(H,34,35). The van der Waals surface area contributed by atoms with E-state index in [0.29, 0.717) is 5.56 Å². The van der Waals surface area contributed by atoms with Crippen molar-refractivity contribution in [3.8, 4) is 5.75 Å². The molecule has 4 unspecified atom stereocenters. The minimum absolute atomic E-state index is 0.00446. The van der Waals surface area contributed by atoms with Crippen molar-refractivity contribution in [2.45, 2.75) is 64.7 Å². The summed E-state index contributed by atoms with van der Waals surface area (Å²) in [6, 6.07) is 0.979. The number of aliphatic carboxylic acids is 2. The van der Waals surface area contributed by atoms with Crippen LogP contribution in [0.15, 0.2) is 24.3 Å². The number of carboxylic acids is 2. The summed E-state index contributed by atoms with van der Waals surface area (Å²) in [6.45, 7) is 6.53. The average Bonchev–Trinajstić information content (AvgIpc) is 2.75. The van der Waals surface area contributed by atoms with E-state index in [1.165, 1.54) is 12.1 Å². The molecule has 3 amide bonds. The molecule has 4 atom stereocenters. The third-order valence-corrected chi connectivity index (χ3v) is 5.22. The molecule has 8 N–H and O–H groups in total. The lowest BCUT2D eigenvalue weighted by atomic mass is 9.99. The van der Waals surface area contributed by atoms with Crippen molar-refractivity contribution in [3.05, 3.63) is 29.8 Å². The van der Waals surface area contributed by atoms with Gasteiger partial charge >= 0.3 is 11.9 Å². The zero-order valence-electron chi connectivity index (χ0n) is 20.1. The van der Waals surface area contributed by atoms with Crippen LogP contribution < -0.4 is 21.7 Å².